The van der Waals surface area contributed by atoms with Crippen LogP contribution < -0.4 is 0 Å². The van der Waals surface area contributed by atoms with Crippen LogP contribution in [0.2, 0.25) is 0 Å². The highest BCUT2D eigenvalue weighted by atomic mass is 31.2. The lowest BCUT2D eigenvalue weighted by Gasteiger charge is -2.36. The van der Waals surface area contributed by atoms with Gasteiger partial charge in [0, 0.05) is 18.8 Å². The number of allylic oxidation sites excluding steroid dienone is 3. The molecule has 0 radical (unpaired) electrons. The number of carbonyl (C=O) groups is 3. The van der Waals surface area contributed by atoms with E-state index in [4.69, 9.17) is 18.5 Å². The molecular formula is C45H77O15P. The van der Waals surface area contributed by atoms with Crippen LogP contribution in [0, 0.1) is 11.8 Å². The number of fused-ring (bicyclic) bond motifs is 4. The zero-order valence-corrected chi connectivity index (χ0v) is 37.4. The van der Waals surface area contributed by atoms with Crippen LogP contribution in [0.25, 0.3) is 0 Å². The number of phosphoric acid groups is 1. The van der Waals surface area contributed by atoms with E-state index in [1.54, 1.807) is 12.2 Å². The number of unbranched alkanes of at least 4 members (excludes halogenated alkanes) is 14. The minimum atomic E-state index is -5.41. The molecule has 61 heavy (non-hydrogen) atoms. The Morgan fingerprint density at radius 3 is 2.05 bits per heavy atom. The van der Waals surface area contributed by atoms with Crippen molar-refractivity contribution in [3.8, 4) is 0 Å². The number of ketones is 1. The van der Waals surface area contributed by atoms with Gasteiger partial charge in [-0.25, -0.2) is 4.57 Å². The van der Waals surface area contributed by atoms with Crippen molar-refractivity contribution < 1.29 is 73.0 Å². The first-order chi connectivity index (χ1) is 29.2. The van der Waals surface area contributed by atoms with E-state index in [0.29, 0.717) is 32.1 Å². The minimum absolute atomic E-state index is 0.0286. The van der Waals surface area contributed by atoms with E-state index in [0.717, 1.165) is 44.6 Å². The molecule has 2 bridgehead atoms. The van der Waals surface area contributed by atoms with E-state index >= 15 is 0 Å². The molecule has 1 aliphatic carbocycles. The Labute approximate surface area is 363 Å². The highest BCUT2D eigenvalue weighted by Gasteiger charge is 2.47. The third kappa shape index (κ3) is 22.8. The Morgan fingerprint density at radius 2 is 1.41 bits per heavy atom. The van der Waals surface area contributed by atoms with Crippen molar-refractivity contribution in [3.63, 3.8) is 0 Å². The Bertz CT molecular complexity index is 1370. The summed E-state index contributed by atoms with van der Waals surface area (Å²) in [6, 6.07) is 0. The van der Waals surface area contributed by atoms with Crippen LogP contribution in [0.4, 0.5) is 0 Å². The summed E-state index contributed by atoms with van der Waals surface area (Å²) in [6.45, 7) is 2.85. The van der Waals surface area contributed by atoms with Crippen LogP contribution in [0.5, 0.6) is 0 Å². The van der Waals surface area contributed by atoms with Gasteiger partial charge in [0.05, 0.1) is 30.8 Å². The number of phosphoric ester groups is 1. The predicted molar refractivity (Wildman–Crippen MR) is 230 cm³/mol. The normalized spacial score (nSPS) is 31.5. The smallest absolute Gasteiger partial charge is 0.462 e. The molecule has 15 nitrogen and oxygen atoms in total. The van der Waals surface area contributed by atoms with Gasteiger partial charge in [-0.15, -0.1) is 0 Å². The Morgan fingerprint density at radius 1 is 0.820 bits per heavy atom. The van der Waals surface area contributed by atoms with Crippen LogP contribution in [0.3, 0.4) is 0 Å². The minimum Gasteiger partial charge on any atom is -0.462 e. The number of cyclic esters (lactones) is 1. The zero-order valence-electron chi connectivity index (χ0n) is 36.6. The average Bonchev–Trinajstić information content (AvgIpc) is 3.23. The lowest BCUT2D eigenvalue weighted by atomic mass is 9.87. The lowest BCUT2D eigenvalue weighted by Crippen LogP contribution is -2.55. The second-order valence-electron chi connectivity index (χ2n) is 16.6. The van der Waals surface area contributed by atoms with E-state index < -0.39 is 99.4 Å². The van der Waals surface area contributed by atoms with Crippen molar-refractivity contribution in [1.82, 2.24) is 0 Å². The fourth-order valence-corrected chi connectivity index (χ4v) is 8.34. The first kappa shape index (κ1) is 54.8. The van der Waals surface area contributed by atoms with E-state index in [-0.39, 0.29) is 19.3 Å². The molecule has 0 aromatic rings. The predicted octanol–water partition coefficient (Wildman–Crippen LogP) is 6.23. The SMILES string of the molecule is CCCCCCCCCCCCCCCC(=O)OC[C@@H]1COP(=O)(O)O[C@H]2[C@H](O)[C@@H](O)[C@H](O)[C@H](/C=C\C(=O)[C@H](/C=C/[C@@H](O)CCCCC)[C@@H](O)[C@H]2O)C/C=C\CCCC(=O)O1. The molecule has 0 aromatic carbocycles. The summed E-state index contributed by atoms with van der Waals surface area (Å²) >= 11 is 0. The first-order valence-electron chi connectivity index (χ1n) is 22.8. The molecule has 2 aliphatic rings. The number of esters is 2. The topological polar surface area (TPSA) is 247 Å². The summed E-state index contributed by atoms with van der Waals surface area (Å²) in [7, 11) is -5.41. The van der Waals surface area contributed by atoms with Crippen LogP contribution in [0.1, 0.15) is 155 Å². The number of aliphatic hydroxyl groups is 6. The molecule has 11 atom stereocenters. The van der Waals surface area contributed by atoms with Crippen molar-refractivity contribution in [3.05, 3.63) is 36.5 Å². The monoisotopic (exact) mass is 889 g/mol. The largest absolute Gasteiger partial charge is 0.472 e. The lowest BCUT2D eigenvalue weighted by molar-refractivity contribution is -0.164. The maximum absolute atomic E-state index is 13.5. The van der Waals surface area contributed by atoms with Crippen LogP contribution in [0.15, 0.2) is 36.5 Å². The molecule has 1 unspecified atom stereocenters. The summed E-state index contributed by atoms with van der Waals surface area (Å²) in [5.41, 5.74) is 0. The van der Waals surface area contributed by atoms with Crippen LogP contribution >= 0.6 is 7.82 Å². The van der Waals surface area contributed by atoms with Crippen LogP contribution in [-0.4, -0.2) is 115 Å². The van der Waals surface area contributed by atoms with Gasteiger partial charge in [0.1, 0.15) is 31.0 Å². The van der Waals surface area contributed by atoms with Crippen molar-refractivity contribution in [2.24, 2.45) is 11.8 Å². The van der Waals surface area contributed by atoms with E-state index in [1.807, 2.05) is 6.92 Å². The molecule has 0 aromatic heterocycles. The van der Waals surface area contributed by atoms with Gasteiger partial charge in [-0.05, 0) is 38.2 Å². The fraction of sp³-hybridized carbons (Fsp3) is 0.800. The van der Waals surface area contributed by atoms with Gasteiger partial charge in [-0.3, -0.25) is 23.4 Å². The Hall–Kier alpha value is -2.30. The summed E-state index contributed by atoms with van der Waals surface area (Å²) in [5, 5.41) is 66.8. The summed E-state index contributed by atoms with van der Waals surface area (Å²) < 4.78 is 34.6. The number of ether oxygens (including phenoxy) is 2. The number of hydrogen-bond donors (Lipinski definition) is 7. The van der Waals surface area contributed by atoms with E-state index in [1.165, 1.54) is 69.6 Å². The molecule has 352 valence electrons. The second-order valence-corrected chi connectivity index (χ2v) is 18.0. The van der Waals surface area contributed by atoms with Crippen LogP contribution in [-0.2, 0) is 37.5 Å². The van der Waals surface area contributed by atoms with Gasteiger partial charge in [0.15, 0.2) is 11.9 Å². The third-order valence-corrected chi connectivity index (χ3v) is 12.2. The van der Waals surface area contributed by atoms with Crippen molar-refractivity contribution in [1.29, 1.82) is 0 Å². The number of rotatable bonds is 22. The molecule has 0 saturated heterocycles. The fourth-order valence-electron chi connectivity index (χ4n) is 7.37. The maximum atomic E-state index is 13.5. The summed E-state index contributed by atoms with van der Waals surface area (Å²) in [6.07, 6.45) is 11.2. The molecule has 1 aliphatic heterocycles. The van der Waals surface area contributed by atoms with Crippen molar-refractivity contribution in [2.45, 2.75) is 204 Å². The maximum Gasteiger partial charge on any atom is 0.472 e. The van der Waals surface area contributed by atoms with Gasteiger partial charge in [-0.1, -0.05) is 141 Å². The van der Waals surface area contributed by atoms with Gasteiger partial charge >= 0.3 is 19.8 Å². The molecule has 1 heterocycles. The molecule has 16 heteroatoms. The highest BCUT2D eigenvalue weighted by Crippen LogP contribution is 2.47. The molecule has 0 amide bonds. The van der Waals surface area contributed by atoms with Crippen molar-refractivity contribution in [2.75, 3.05) is 13.2 Å². The molecule has 2 rings (SSSR count). The number of hydrogen-bond acceptors (Lipinski definition) is 14. The quantitative estimate of drug-likeness (QED) is 0.0276. The standard InChI is InChI=1S/C45H77O15P/c1-3-5-7-8-9-10-11-12-13-14-15-16-21-25-38(48)57-31-35-32-58-61(55,56)60-45-43(53)41(51)36(29-28-34(46)24-19-6-4-2)37(47)30-27-33(40(50)42(52)44(45)54)23-20-17-18-22-26-39(49)59-35/h17,20,27-30,33-36,40-46,50-54H,3-16,18-19,21-26,31-32H2,1-2H3,(H,55,56)/b20-17-,29-28+,30-27-/t33-,34-,35+,36-,40+,41+,42-,43+,44+,45+/m0/s1. The first-order valence-corrected chi connectivity index (χ1v) is 24.3. The Kier molecular flexibility index (Phi) is 28.3. The third-order valence-electron chi connectivity index (χ3n) is 11.2. The van der Waals surface area contributed by atoms with E-state index in [2.05, 4.69) is 6.92 Å². The average molecular weight is 889 g/mol. The molecule has 0 saturated carbocycles. The van der Waals surface area contributed by atoms with Gasteiger partial charge in [0.25, 0.3) is 0 Å². The Balaban J connectivity index is 2.17. The summed E-state index contributed by atoms with van der Waals surface area (Å²) in [5.74, 6) is -4.62. The molecule has 7 N–H and O–H groups in total. The van der Waals surface area contributed by atoms with Crippen molar-refractivity contribution >= 4 is 25.5 Å². The van der Waals surface area contributed by atoms with Gasteiger partial charge < -0.3 is 45.0 Å². The van der Waals surface area contributed by atoms with Gasteiger partial charge in [0.2, 0.25) is 0 Å². The molecular weight excluding hydrogens is 811 g/mol. The highest BCUT2D eigenvalue weighted by molar-refractivity contribution is 7.47. The molecule has 0 fully saturated rings. The van der Waals surface area contributed by atoms with E-state index in [9.17, 15) is 54.5 Å². The number of carbonyl (C=O) groups excluding carboxylic acids is 3. The van der Waals surface area contributed by atoms with Gasteiger partial charge in [-0.2, -0.15) is 0 Å². The molecule has 0 spiro atoms. The zero-order chi connectivity index (χ0) is 45.0. The number of aliphatic hydroxyl groups excluding tert-OH is 6. The summed E-state index contributed by atoms with van der Waals surface area (Å²) in [4.78, 5) is 49.8. The second kappa shape index (κ2) is 31.5.